The molecule has 5 nitrogen and oxygen atoms in total. The molecule has 25 heavy (non-hydrogen) atoms. The van der Waals surface area contributed by atoms with Crippen molar-refractivity contribution in [1.82, 2.24) is 4.31 Å². The Morgan fingerprint density at radius 2 is 1.96 bits per heavy atom. The van der Waals surface area contributed by atoms with Gasteiger partial charge in [0.25, 0.3) is 0 Å². The quantitative estimate of drug-likeness (QED) is 0.552. The molecule has 1 aliphatic heterocycles. The van der Waals surface area contributed by atoms with E-state index in [9.17, 15) is 13.2 Å². The molecular formula is C19H25NO4S. The Hall–Kier alpha value is -1.92. The smallest absolute Gasteiger partial charge is 0.312 e. The summed E-state index contributed by atoms with van der Waals surface area (Å²) in [6.45, 7) is 10.0. The van der Waals surface area contributed by atoms with Crippen LogP contribution in [0.3, 0.4) is 0 Å². The summed E-state index contributed by atoms with van der Waals surface area (Å²) in [6.07, 6.45) is 3.94. The van der Waals surface area contributed by atoms with Crippen LogP contribution in [0.25, 0.3) is 0 Å². The van der Waals surface area contributed by atoms with Gasteiger partial charge in [-0.1, -0.05) is 29.8 Å². The van der Waals surface area contributed by atoms with Gasteiger partial charge in [0.1, 0.15) is 0 Å². The third kappa shape index (κ3) is 4.02. The lowest BCUT2D eigenvalue weighted by molar-refractivity contribution is -0.145. The van der Waals surface area contributed by atoms with Gasteiger partial charge in [-0.15, -0.1) is 13.2 Å². The van der Waals surface area contributed by atoms with Crippen LogP contribution in [0.1, 0.15) is 12.0 Å². The van der Waals surface area contributed by atoms with Crippen molar-refractivity contribution in [3.05, 3.63) is 55.1 Å². The Morgan fingerprint density at radius 1 is 1.32 bits per heavy atom. The van der Waals surface area contributed by atoms with Crippen molar-refractivity contribution in [2.24, 2.45) is 17.8 Å². The van der Waals surface area contributed by atoms with E-state index in [0.29, 0.717) is 13.0 Å². The number of carbonyl (C=O) groups is 1. The standard InChI is InChI=1S/C19H25NO4S/c1-5-7-15-12-20(13-18(15)17(6-2)19(21)24-4)25(22,23)16-10-8-14(3)9-11-16/h5-6,8-11,15,17-18H,1-2,7,12-13H2,3-4H3. The number of aryl methyl sites for hydroxylation is 1. The molecular weight excluding hydrogens is 338 g/mol. The lowest BCUT2D eigenvalue weighted by Gasteiger charge is -2.22. The molecule has 1 aliphatic rings. The lowest BCUT2D eigenvalue weighted by Crippen LogP contribution is -2.31. The summed E-state index contributed by atoms with van der Waals surface area (Å²) in [7, 11) is -2.27. The van der Waals surface area contributed by atoms with Gasteiger partial charge in [-0.2, -0.15) is 4.31 Å². The summed E-state index contributed by atoms with van der Waals surface area (Å²) < 4.78 is 32.2. The highest BCUT2D eigenvalue weighted by Gasteiger charge is 2.43. The first-order valence-electron chi connectivity index (χ1n) is 8.23. The van der Waals surface area contributed by atoms with Crippen molar-refractivity contribution in [2.75, 3.05) is 20.2 Å². The highest BCUT2D eigenvalue weighted by atomic mass is 32.2. The Labute approximate surface area is 150 Å². The number of esters is 1. The van der Waals surface area contributed by atoms with E-state index in [4.69, 9.17) is 4.74 Å². The molecule has 2 rings (SSSR count). The third-order valence-electron chi connectivity index (χ3n) is 4.77. The summed E-state index contributed by atoms with van der Waals surface area (Å²) in [4.78, 5) is 12.3. The van der Waals surface area contributed by atoms with Gasteiger partial charge in [0.15, 0.2) is 0 Å². The summed E-state index contributed by atoms with van der Waals surface area (Å²) in [5.41, 5.74) is 1.00. The summed E-state index contributed by atoms with van der Waals surface area (Å²) in [6, 6.07) is 6.79. The van der Waals surface area contributed by atoms with Crippen LogP contribution in [0, 0.1) is 24.7 Å². The first-order valence-corrected chi connectivity index (χ1v) is 9.67. The lowest BCUT2D eigenvalue weighted by atomic mass is 9.82. The number of hydrogen-bond acceptors (Lipinski definition) is 4. The zero-order chi connectivity index (χ0) is 18.6. The number of ether oxygens (including phenoxy) is 1. The van der Waals surface area contributed by atoms with E-state index in [-0.39, 0.29) is 29.2 Å². The molecule has 0 bridgehead atoms. The number of rotatable bonds is 7. The molecule has 3 atom stereocenters. The molecule has 1 saturated heterocycles. The summed E-state index contributed by atoms with van der Waals surface area (Å²) in [5.74, 6) is -1.10. The van der Waals surface area contributed by atoms with E-state index >= 15 is 0 Å². The van der Waals surface area contributed by atoms with Gasteiger partial charge in [0.2, 0.25) is 10.0 Å². The second kappa shape index (κ2) is 7.97. The van der Waals surface area contributed by atoms with Gasteiger partial charge in [0, 0.05) is 13.1 Å². The van der Waals surface area contributed by atoms with Gasteiger partial charge in [-0.3, -0.25) is 4.79 Å². The van der Waals surface area contributed by atoms with Gasteiger partial charge in [0.05, 0.1) is 17.9 Å². The highest BCUT2D eigenvalue weighted by molar-refractivity contribution is 7.89. The van der Waals surface area contributed by atoms with Crippen LogP contribution in [-0.4, -0.2) is 38.9 Å². The maximum absolute atomic E-state index is 12.9. The van der Waals surface area contributed by atoms with Crippen LogP contribution in [0.15, 0.2) is 54.5 Å². The molecule has 3 unspecified atom stereocenters. The Bertz CT molecular complexity index is 739. The number of hydrogen-bond donors (Lipinski definition) is 0. The van der Waals surface area contributed by atoms with Gasteiger partial charge < -0.3 is 4.74 Å². The number of methoxy groups -OCH3 is 1. The van der Waals surface area contributed by atoms with E-state index in [1.165, 1.54) is 11.4 Å². The minimum atomic E-state index is -3.60. The van der Waals surface area contributed by atoms with Crippen LogP contribution in [-0.2, 0) is 19.6 Å². The Kier molecular flexibility index (Phi) is 6.19. The minimum Gasteiger partial charge on any atom is -0.469 e. The van der Waals surface area contributed by atoms with E-state index < -0.39 is 15.9 Å². The second-order valence-corrected chi connectivity index (χ2v) is 8.31. The van der Waals surface area contributed by atoms with Crippen molar-refractivity contribution in [1.29, 1.82) is 0 Å². The molecule has 1 aromatic rings. The fourth-order valence-corrected chi connectivity index (χ4v) is 4.90. The SMILES string of the molecule is C=CCC1CN(S(=O)(=O)c2ccc(C)cc2)CC1C(C=C)C(=O)OC. The maximum Gasteiger partial charge on any atom is 0.312 e. The molecule has 0 N–H and O–H groups in total. The molecule has 1 fully saturated rings. The number of nitrogens with zero attached hydrogens (tertiary/aromatic N) is 1. The normalized spacial score (nSPS) is 22.3. The van der Waals surface area contributed by atoms with E-state index in [0.717, 1.165) is 5.56 Å². The van der Waals surface area contributed by atoms with Crippen LogP contribution in [0.5, 0.6) is 0 Å². The number of benzene rings is 1. The number of sulfonamides is 1. The zero-order valence-electron chi connectivity index (χ0n) is 14.7. The fourth-order valence-electron chi connectivity index (χ4n) is 3.36. The first-order chi connectivity index (χ1) is 11.8. The molecule has 1 heterocycles. The fraction of sp³-hybridized carbons (Fsp3) is 0.421. The number of allylic oxidation sites excluding steroid dienone is 1. The molecule has 1 aromatic carbocycles. The van der Waals surface area contributed by atoms with Crippen LogP contribution >= 0.6 is 0 Å². The maximum atomic E-state index is 12.9. The molecule has 0 spiro atoms. The average molecular weight is 363 g/mol. The first kappa shape index (κ1) is 19.4. The molecule has 6 heteroatoms. The molecule has 0 saturated carbocycles. The molecule has 0 aromatic heterocycles. The predicted molar refractivity (Wildman–Crippen MR) is 97.4 cm³/mol. The van der Waals surface area contributed by atoms with Crippen LogP contribution < -0.4 is 0 Å². The van der Waals surface area contributed by atoms with E-state index in [1.54, 1.807) is 36.4 Å². The Balaban J connectivity index is 2.31. The van der Waals surface area contributed by atoms with Crippen molar-refractivity contribution in [2.45, 2.75) is 18.2 Å². The van der Waals surface area contributed by atoms with E-state index in [2.05, 4.69) is 13.2 Å². The topological polar surface area (TPSA) is 63.7 Å². The second-order valence-electron chi connectivity index (χ2n) is 6.37. The average Bonchev–Trinajstić information content (AvgIpc) is 3.00. The minimum absolute atomic E-state index is 0.000164. The van der Waals surface area contributed by atoms with Crippen LogP contribution in [0.4, 0.5) is 0 Å². The van der Waals surface area contributed by atoms with Gasteiger partial charge in [-0.05, 0) is 37.3 Å². The molecule has 0 radical (unpaired) electrons. The third-order valence-corrected chi connectivity index (χ3v) is 6.62. The zero-order valence-corrected chi connectivity index (χ0v) is 15.5. The van der Waals surface area contributed by atoms with Crippen molar-refractivity contribution in [3.8, 4) is 0 Å². The largest absolute Gasteiger partial charge is 0.469 e. The van der Waals surface area contributed by atoms with Crippen molar-refractivity contribution >= 4 is 16.0 Å². The number of carbonyl (C=O) groups excluding carboxylic acids is 1. The van der Waals surface area contributed by atoms with E-state index in [1.807, 2.05) is 6.92 Å². The molecule has 0 aliphatic carbocycles. The highest BCUT2D eigenvalue weighted by Crippen LogP contribution is 2.36. The van der Waals surface area contributed by atoms with Crippen LogP contribution in [0.2, 0.25) is 0 Å². The van der Waals surface area contributed by atoms with Gasteiger partial charge >= 0.3 is 5.97 Å². The summed E-state index contributed by atoms with van der Waals surface area (Å²) in [5, 5.41) is 0. The van der Waals surface area contributed by atoms with Crippen molar-refractivity contribution < 1.29 is 17.9 Å². The molecule has 0 amide bonds. The van der Waals surface area contributed by atoms with Crippen molar-refractivity contribution in [3.63, 3.8) is 0 Å². The summed E-state index contributed by atoms with van der Waals surface area (Å²) >= 11 is 0. The monoisotopic (exact) mass is 363 g/mol. The predicted octanol–water partition coefficient (Wildman–Crippen LogP) is 2.78. The van der Waals surface area contributed by atoms with Gasteiger partial charge in [-0.25, -0.2) is 8.42 Å². The Morgan fingerprint density at radius 3 is 2.48 bits per heavy atom. The molecule has 136 valence electrons.